The van der Waals surface area contributed by atoms with E-state index in [-0.39, 0.29) is 0 Å². The number of rotatable bonds is 6. The van der Waals surface area contributed by atoms with Gasteiger partial charge in [-0.1, -0.05) is 13.3 Å². The van der Waals surface area contributed by atoms with Crippen molar-refractivity contribution in [1.82, 2.24) is 10.6 Å². The molecule has 2 nitrogen and oxygen atoms in total. The average Bonchev–Trinajstić information content (AvgIpc) is 2.87. The zero-order valence-corrected chi connectivity index (χ0v) is 9.44. The van der Waals surface area contributed by atoms with Crippen LogP contribution in [0.2, 0.25) is 0 Å². The highest BCUT2D eigenvalue weighted by atomic mass is 15.1. The summed E-state index contributed by atoms with van der Waals surface area (Å²) in [5.41, 5.74) is 0.448. The fourth-order valence-electron chi connectivity index (χ4n) is 2.64. The van der Waals surface area contributed by atoms with Crippen molar-refractivity contribution in [2.24, 2.45) is 5.92 Å². The standard InChI is InChI=1S/C12H24N2/c1-2-6-12(7-3-8-14-12)10-13-9-11-4-5-11/h11,13-14H,2-10H2,1H3. The molecule has 0 bridgehead atoms. The SMILES string of the molecule is CCCC1(CNCC2CC2)CCCN1. The maximum absolute atomic E-state index is 3.70. The molecule has 1 aliphatic carbocycles. The highest BCUT2D eigenvalue weighted by Gasteiger charge is 2.32. The molecule has 0 aromatic carbocycles. The van der Waals surface area contributed by atoms with E-state index in [1.165, 1.54) is 58.2 Å². The van der Waals surface area contributed by atoms with Gasteiger partial charge in [0.2, 0.25) is 0 Å². The van der Waals surface area contributed by atoms with Crippen LogP contribution in [0.15, 0.2) is 0 Å². The third-order valence-electron chi connectivity index (χ3n) is 3.65. The molecule has 1 aliphatic heterocycles. The molecular formula is C12H24N2. The monoisotopic (exact) mass is 196 g/mol. The van der Waals surface area contributed by atoms with Crippen molar-refractivity contribution in [3.63, 3.8) is 0 Å². The molecule has 2 fully saturated rings. The van der Waals surface area contributed by atoms with E-state index in [9.17, 15) is 0 Å². The van der Waals surface area contributed by atoms with Crippen LogP contribution in [0.5, 0.6) is 0 Å². The van der Waals surface area contributed by atoms with Gasteiger partial charge in [0.25, 0.3) is 0 Å². The van der Waals surface area contributed by atoms with Gasteiger partial charge >= 0.3 is 0 Å². The van der Waals surface area contributed by atoms with Gasteiger partial charge in [0.05, 0.1) is 0 Å². The summed E-state index contributed by atoms with van der Waals surface area (Å²) in [6.45, 7) is 5.97. The summed E-state index contributed by atoms with van der Waals surface area (Å²) in [5, 5.41) is 7.36. The summed E-state index contributed by atoms with van der Waals surface area (Å²) in [6.07, 6.45) is 8.30. The van der Waals surface area contributed by atoms with Gasteiger partial charge in [0, 0.05) is 12.1 Å². The second-order valence-corrected chi connectivity index (χ2v) is 5.13. The molecule has 0 aromatic heterocycles. The lowest BCUT2D eigenvalue weighted by atomic mass is 9.92. The van der Waals surface area contributed by atoms with Gasteiger partial charge in [0.1, 0.15) is 0 Å². The smallest absolute Gasteiger partial charge is 0.0306 e. The molecule has 14 heavy (non-hydrogen) atoms. The van der Waals surface area contributed by atoms with Crippen LogP contribution >= 0.6 is 0 Å². The molecule has 0 amide bonds. The minimum absolute atomic E-state index is 0.448. The molecule has 2 N–H and O–H groups in total. The van der Waals surface area contributed by atoms with Crippen molar-refractivity contribution in [1.29, 1.82) is 0 Å². The summed E-state index contributed by atoms with van der Waals surface area (Å²) in [4.78, 5) is 0. The van der Waals surface area contributed by atoms with Crippen molar-refractivity contribution < 1.29 is 0 Å². The Balaban J connectivity index is 1.71. The van der Waals surface area contributed by atoms with Crippen LogP contribution in [-0.4, -0.2) is 25.2 Å². The lowest BCUT2D eigenvalue weighted by Crippen LogP contribution is -2.48. The molecule has 0 spiro atoms. The van der Waals surface area contributed by atoms with Crippen LogP contribution in [0.1, 0.15) is 45.4 Å². The maximum atomic E-state index is 3.70. The lowest BCUT2D eigenvalue weighted by molar-refractivity contribution is 0.323. The summed E-state index contributed by atoms with van der Waals surface area (Å²) in [5.74, 6) is 1.01. The van der Waals surface area contributed by atoms with Crippen molar-refractivity contribution in [3.8, 4) is 0 Å². The predicted octanol–water partition coefficient (Wildman–Crippen LogP) is 1.91. The van der Waals surface area contributed by atoms with E-state index >= 15 is 0 Å². The fourth-order valence-corrected chi connectivity index (χ4v) is 2.64. The molecule has 1 saturated heterocycles. The molecule has 1 unspecified atom stereocenters. The van der Waals surface area contributed by atoms with E-state index in [1.54, 1.807) is 0 Å². The van der Waals surface area contributed by atoms with Gasteiger partial charge in [-0.15, -0.1) is 0 Å². The van der Waals surface area contributed by atoms with E-state index in [2.05, 4.69) is 17.6 Å². The van der Waals surface area contributed by atoms with E-state index in [0.29, 0.717) is 5.54 Å². The lowest BCUT2D eigenvalue weighted by Gasteiger charge is -2.29. The summed E-state index contributed by atoms with van der Waals surface area (Å²) >= 11 is 0. The topological polar surface area (TPSA) is 24.1 Å². The van der Waals surface area contributed by atoms with Crippen LogP contribution in [0.25, 0.3) is 0 Å². The molecule has 82 valence electrons. The second kappa shape index (κ2) is 4.63. The maximum Gasteiger partial charge on any atom is 0.0306 e. The van der Waals surface area contributed by atoms with Crippen molar-refractivity contribution in [2.45, 2.75) is 51.0 Å². The van der Waals surface area contributed by atoms with Crippen molar-refractivity contribution in [2.75, 3.05) is 19.6 Å². The van der Waals surface area contributed by atoms with E-state index < -0.39 is 0 Å². The molecule has 2 heteroatoms. The highest BCUT2D eigenvalue weighted by Crippen LogP contribution is 2.28. The first kappa shape index (κ1) is 10.4. The zero-order chi connectivity index (χ0) is 9.86. The van der Waals surface area contributed by atoms with Gasteiger partial charge in [-0.3, -0.25) is 0 Å². The number of hydrogen-bond acceptors (Lipinski definition) is 2. The van der Waals surface area contributed by atoms with Gasteiger partial charge in [-0.2, -0.15) is 0 Å². The minimum atomic E-state index is 0.448. The van der Waals surface area contributed by atoms with Gasteiger partial charge in [-0.25, -0.2) is 0 Å². The quantitative estimate of drug-likeness (QED) is 0.678. The summed E-state index contributed by atoms with van der Waals surface area (Å²) in [6, 6.07) is 0. The molecule has 1 atom stereocenters. The first-order valence-electron chi connectivity index (χ1n) is 6.30. The van der Waals surface area contributed by atoms with Crippen molar-refractivity contribution in [3.05, 3.63) is 0 Å². The Kier molecular flexibility index (Phi) is 3.45. The summed E-state index contributed by atoms with van der Waals surface area (Å²) < 4.78 is 0. The third kappa shape index (κ3) is 2.71. The highest BCUT2D eigenvalue weighted by molar-refractivity contribution is 4.94. The molecule has 0 radical (unpaired) electrons. The fraction of sp³-hybridized carbons (Fsp3) is 1.00. The Morgan fingerprint density at radius 2 is 2.29 bits per heavy atom. The molecule has 1 saturated carbocycles. The molecule has 1 heterocycles. The second-order valence-electron chi connectivity index (χ2n) is 5.13. The predicted molar refractivity (Wildman–Crippen MR) is 60.5 cm³/mol. The minimum Gasteiger partial charge on any atom is -0.315 e. The third-order valence-corrected chi connectivity index (χ3v) is 3.65. The van der Waals surface area contributed by atoms with Crippen LogP contribution < -0.4 is 10.6 Å². The van der Waals surface area contributed by atoms with Crippen molar-refractivity contribution >= 4 is 0 Å². The first-order chi connectivity index (χ1) is 6.85. The van der Waals surface area contributed by atoms with Gasteiger partial charge in [0.15, 0.2) is 0 Å². The normalized spacial score (nSPS) is 32.4. The van der Waals surface area contributed by atoms with Crippen LogP contribution in [0, 0.1) is 5.92 Å². The average molecular weight is 196 g/mol. The Labute approximate surface area is 87.8 Å². The van der Waals surface area contributed by atoms with Crippen LogP contribution in [-0.2, 0) is 0 Å². The largest absolute Gasteiger partial charge is 0.315 e. The van der Waals surface area contributed by atoms with Gasteiger partial charge in [-0.05, 0) is 51.1 Å². The molecule has 2 aliphatic rings. The Morgan fingerprint density at radius 3 is 2.86 bits per heavy atom. The van der Waals surface area contributed by atoms with Crippen LogP contribution in [0.3, 0.4) is 0 Å². The Bertz CT molecular complexity index is 169. The van der Waals surface area contributed by atoms with E-state index in [4.69, 9.17) is 0 Å². The van der Waals surface area contributed by atoms with Gasteiger partial charge < -0.3 is 10.6 Å². The Morgan fingerprint density at radius 1 is 1.43 bits per heavy atom. The number of hydrogen-bond donors (Lipinski definition) is 2. The summed E-state index contributed by atoms with van der Waals surface area (Å²) in [7, 11) is 0. The molecular weight excluding hydrogens is 172 g/mol. The zero-order valence-electron chi connectivity index (χ0n) is 9.44. The van der Waals surface area contributed by atoms with E-state index in [1.807, 2.05) is 0 Å². The van der Waals surface area contributed by atoms with E-state index in [0.717, 1.165) is 5.92 Å². The molecule has 0 aromatic rings. The number of nitrogens with one attached hydrogen (secondary N) is 2. The molecule has 2 rings (SSSR count). The first-order valence-corrected chi connectivity index (χ1v) is 6.30. The van der Waals surface area contributed by atoms with Crippen LogP contribution in [0.4, 0.5) is 0 Å². The Hall–Kier alpha value is -0.0800.